The molecule has 0 heterocycles. The fourth-order valence-corrected chi connectivity index (χ4v) is 1.45. The second-order valence-corrected chi connectivity index (χ2v) is 4.46. The normalized spacial score (nSPS) is 11.5. The first-order chi connectivity index (χ1) is 7.53. The summed E-state index contributed by atoms with van der Waals surface area (Å²) >= 11 is 0. The second-order valence-electron chi connectivity index (χ2n) is 4.46. The fourth-order valence-electron chi connectivity index (χ4n) is 1.45. The van der Waals surface area contributed by atoms with Crippen molar-refractivity contribution in [2.45, 2.75) is 32.9 Å². The molecule has 0 fully saturated rings. The standard InChI is InChI=1S/C13H21NO2/c1-4-16-12-8-6-5-7-11(12)9-14-10-13(2,3)15/h5-8,14-15H,4,9-10H2,1-3H3. The Balaban J connectivity index is 2.52. The van der Waals surface area contributed by atoms with Crippen LogP contribution in [0.2, 0.25) is 0 Å². The highest BCUT2D eigenvalue weighted by atomic mass is 16.5. The number of benzene rings is 1. The molecule has 0 aliphatic heterocycles. The molecule has 0 spiro atoms. The topological polar surface area (TPSA) is 41.5 Å². The zero-order valence-electron chi connectivity index (χ0n) is 10.3. The summed E-state index contributed by atoms with van der Waals surface area (Å²) in [5.41, 5.74) is 0.439. The van der Waals surface area contributed by atoms with Gasteiger partial charge in [0.05, 0.1) is 12.2 Å². The molecule has 0 amide bonds. The first-order valence-corrected chi connectivity index (χ1v) is 5.67. The number of aliphatic hydroxyl groups is 1. The van der Waals surface area contributed by atoms with E-state index in [0.29, 0.717) is 19.7 Å². The quantitative estimate of drug-likeness (QED) is 0.774. The third-order valence-corrected chi connectivity index (χ3v) is 2.15. The van der Waals surface area contributed by atoms with Crippen molar-refractivity contribution in [1.82, 2.24) is 5.32 Å². The monoisotopic (exact) mass is 223 g/mol. The molecule has 1 rings (SSSR count). The number of hydrogen-bond acceptors (Lipinski definition) is 3. The van der Waals surface area contributed by atoms with Crippen molar-refractivity contribution in [3.8, 4) is 5.75 Å². The van der Waals surface area contributed by atoms with Crippen LogP contribution in [-0.4, -0.2) is 23.9 Å². The highest BCUT2D eigenvalue weighted by Gasteiger charge is 2.11. The Morgan fingerprint density at radius 2 is 2.00 bits per heavy atom. The number of para-hydroxylation sites is 1. The zero-order valence-corrected chi connectivity index (χ0v) is 10.3. The van der Waals surface area contributed by atoms with E-state index in [1.165, 1.54) is 0 Å². The molecular weight excluding hydrogens is 202 g/mol. The minimum atomic E-state index is -0.680. The number of rotatable bonds is 6. The van der Waals surface area contributed by atoms with Crippen LogP contribution in [0, 0.1) is 0 Å². The van der Waals surface area contributed by atoms with Crippen molar-refractivity contribution in [2.24, 2.45) is 0 Å². The van der Waals surface area contributed by atoms with Crippen LogP contribution in [-0.2, 0) is 6.54 Å². The lowest BCUT2D eigenvalue weighted by molar-refractivity contribution is 0.0794. The van der Waals surface area contributed by atoms with Gasteiger partial charge in [-0.1, -0.05) is 18.2 Å². The van der Waals surface area contributed by atoms with Crippen molar-refractivity contribution in [3.63, 3.8) is 0 Å². The second kappa shape index (κ2) is 5.87. The van der Waals surface area contributed by atoms with E-state index in [2.05, 4.69) is 5.32 Å². The number of nitrogens with one attached hydrogen (secondary N) is 1. The predicted octanol–water partition coefficient (Wildman–Crippen LogP) is 1.95. The summed E-state index contributed by atoms with van der Waals surface area (Å²) in [6.07, 6.45) is 0. The largest absolute Gasteiger partial charge is 0.494 e. The maximum Gasteiger partial charge on any atom is 0.123 e. The van der Waals surface area contributed by atoms with Gasteiger partial charge < -0.3 is 15.2 Å². The molecule has 0 unspecified atom stereocenters. The highest BCUT2D eigenvalue weighted by molar-refractivity contribution is 5.33. The molecule has 16 heavy (non-hydrogen) atoms. The molecule has 0 aromatic heterocycles. The van der Waals surface area contributed by atoms with Gasteiger partial charge in [0.1, 0.15) is 5.75 Å². The van der Waals surface area contributed by atoms with Gasteiger partial charge in [-0.05, 0) is 26.8 Å². The lowest BCUT2D eigenvalue weighted by Gasteiger charge is -2.18. The molecule has 1 aromatic rings. The highest BCUT2D eigenvalue weighted by Crippen LogP contribution is 2.17. The van der Waals surface area contributed by atoms with E-state index in [1.807, 2.05) is 31.2 Å². The average molecular weight is 223 g/mol. The molecule has 90 valence electrons. The Morgan fingerprint density at radius 3 is 2.62 bits per heavy atom. The summed E-state index contributed by atoms with van der Waals surface area (Å²) in [7, 11) is 0. The Labute approximate surface area is 97.4 Å². The van der Waals surface area contributed by atoms with Crippen molar-refractivity contribution in [3.05, 3.63) is 29.8 Å². The first-order valence-electron chi connectivity index (χ1n) is 5.67. The van der Waals surface area contributed by atoms with E-state index < -0.39 is 5.60 Å². The van der Waals surface area contributed by atoms with E-state index in [4.69, 9.17) is 4.74 Å². The lowest BCUT2D eigenvalue weighted by Crippen LogP contribution is -2.34. The third-order valence-electron chi connectivity index (χ3n) is 2.15. The van der Waals surface area contributed by atoms with Gasteiger partial charge in [0.15, 0.2) is 0 Å². The van der Waals surface area contributed by atoms with Gasteiger partial charge in [-0.25, -0.2) is 0 Å². The Bertz CT molecular complexity index is 318. The molecule has 0 radical (unpaired) electrons. The van der Waals surface area contributed by atoms with Crippen LogP contribution in [0.5, 0.6) is 5.75 Å². The molecule has 2 N–H and O–H groups in total. The predicted molar refractivity (Wildman–Crippen MR) is 65.6 cm³/mol. The molecule has 3 nitrogen and oxygen atoms in total. The average Bonchev–Trinajstić information content (AvgIpc) is 2.19. The SMILES string of the molecule is CCOc1ccccc1CNCC(C)(C)O. The van der Waals surface area contributed by atoms with Gasteiger partial charge in [0.2, 0.25) is 0 Å². The summed E-state index contributed by atoms with van der Waals surface area (Å²) in [5.74, 6) is 0.910. The van der Waals surface area contributed by atoms with Crippen LogP contribution in [0.25, 0.3) is 0 Å². The van der Waals surface area contributed by atoms with Gasteiger partial charge in [-0.2, -0.15) is 0 Å². The van der Waals surface area contributed by atoms with E-state index in [0.717, 1.165) is 11.3 Å². The summed E-state index contributed by atoms with van der Waals surface area (Å²) < 4.78 is 5.52. The molecule has 1 aromatic carbocycles. The molecule has 0 aliphatic carbocycles. The summed E-state index contributed by atoms with van der Waals surface area (Å²) in [6.45, 7) is 7.49. The van der Waals surface area contributed by atoms with E-state index in [9.17, 15) is 5.11 Å². The van der Waals surface area contributed by atoms with Gasteiger partial charge >= 0.3 is 0 Å². The van der Waals surface area contributed by atoms with E-state index in [1.54, 1.807) is 13.8 Å². The fraction of sp³-hybridized carbons (Fsp3) is 0.538. The van der Waals surface area contributed by atoms with Crippen molar-refractivity contribution < 1.29 is 9.84 Å². The molecular formula is C13H21NO2. The van der Waals surface area contributed by atoms with E-state index >= 15 is 0 Å². The summed E-state index contributed by atoms with van der Waals surface area (Å²) in [4.78, 5) is 0. The van der Waals surface area contributed by atoms with Crippen molar-refractivity contribution >= 4 is 0 Å². The van der Waals surface area contributed by atoms with Gasteiger partial charge in [-0.3, -0.25) is 0 Å². The van der Waals surface area contributed by atoms with Gasteiger partial charge in [-0.15, -0.1) is 0 Å². The third kappa shape index (κ3) is 4.64. The van der Waals surface area contributed by atoms with Crippen LogP contribution in [0.1, 0.15) is 26.3 Å². The molecule has 0 saturated carbocycles. The van der Waals surface area contributed by atoms with Crippen LogP contribution < -0.4 is 10.1 Å². The maximum absolute atomic E-state index is 9.57. The van der Waals surface area contributed by atoms with Crippen LogP contribution in [0.4, 0.5) is 0 Å². The van der Waals surface area contributed by atoms with Crippen molar-refractivity contribution in [1.29, 1.82) is 0 Å². The number of hydrogen-bond donors (Lipinski definition) is 2. The summed E-state index contributed by atoms with van der Waals surface area (Å²) in [5, 5.41) is 12.8. The maximum atomic E-state index is 9.57. The minimum absolute atomic E-state index is 0.563. The van der Waals surface area contributed by atoms with Crippen LogP contribution >= 0.6 is 0 Å². The molecule has 0 bridgehead atoms. The van der Waals surface area contributed by atoms with Crippen LogP contribution in [0.15, 0.2) is 24.3 Å². The molecule has 0 atom stereocenters. The molecule has 3 heteroatoms. The Hall–Kier alpha value is -1.06. The smallest absolute Gasteiger partial charge is 0.123 e. The minimum Gasteiger partial charge on any atom is -0.494 e. The Kier molecular flexibility index (Phi) is 4.77. The van der Waals surface area contributed by atoms with E-state index in [-0.39, 0.29) is 0 Å². The first kappa shape index (κ1) is 13.0. The Morgan fingerprint density at radius 1 is 1.31 bits per heavy atom. The van der Waals surface area contributed by atoms with Crippen LogP contribution in [0.3, 0.4) is 0 Å². The van der Waals surface area contributed by atoms with Gasteiger partial charge in [0, 0.05) is 18.7 Å². The number of ether oxygens (including phenoxy) is 1. The van der Waals surface area contributed by atoms with Crippen molar-refractivity contribution in [2.75, 3.05) is 13.2 Å². The zero-order chi connectivity index (χ0) is 12.0. The molecule has 0 aliphatic rings. The summed E-state index contributed by atoms with van der Waals surface area (Å²) in [6, 6.07) is 7.95. The lowest BCUT2D eigenvalue weighted by atomic mass is 10.1. The molecule has 0 saturated heterocycles. The van der Waals surface area contributed by atoms with Gasteiger partial charge in [0.25, 0.3) is 0 Å².